The molecule has 3 rings (SSSR count). The van der Waals surface area contributed by atoms with Gasteiger partial charge in [0, 0.05) is 6.07 Å². The van der Waals surface area contributed by atoms with Gasteiger partial charge in [-0.05, 0) is 24.6 Å². The molecular weight excluding hydrogens is 377 g/mol. The van der Waals surface area contributed by atoms with Crippen LogP contribution in [-0.4, -0.2) is 19.2 Å². The van der Waals surface area contributed by atoms with Crippen LogP contribution in [0.4, 0.5) is 13.2 Å². The van der Waals surface area contributed by atoms with Crippen molar-refractivity contribution in [3.05, 3.63) is 64.5 Å². The summed E-state index contributed by atoms with van der Waals surface area (Å²) in [7, 11) is 1.18. The first-order chi connectivity index (χ1) is 13.2. The molecule has 0 N–H and O–H groups in total. The van der Waals surface area contributed by atoms with Crippen LogP contribution in [0.5, 0.6) is 5.75 Å². The van der Waals surface area contributed by atoms with Crippen LogP contribution in [-0.2, 0) is 15.7 Å². The van der Waals surface area contributed by atoms with Crippen LogP contribution in [0.3, 0.4) is 0 Å². The second-order valence-corrected chi connectivity index (χ2v) is 5.94. The van der Waals surface area contributed by atoms with Crippen molar-refractivity contribution in [1.29, 1.82) is 0 Å². The molecule has 1 aromatic heterocycles. The van der Waals surface area contributed by atoms with Gasteiger partial charge in [0.05, 0.1) is 18.1 Å². The van der Waals surface area contributed by atoms with E-state index >= 15 is 0 Å². The van der Waals surface area contributed by atoms with Gasteiger partial charge in [-0.15, -0.1) is 0 Å². The molecular formula is C20H15F3O5. The van der Waals surface area contributed by atoms with Crippen LogP contribution < -0.4 is 10.2 Å². The van der Waals surface area contributed by atoms with Crippen LogP contribution in [0.1, 0.15) is 12.7 Å². The zero-order valence-corrected chi connectivity index (χ0v) is 14.9. The van der Waals surface area contributed by atoms with Gasteiger partial charge in [0.2, 0.25) is 11.2 Å². The Hall–Kier alpha value is -3.29. The average Bonchev–Trinajstić information content (AvgIpc) is 2.67. The molecule has 0 aliphatic carbocycles. The van der Waals surface area contributed by atoms with Crippen molar-refractivity contribution in [3.8, 4) is 16.9 Å². The second-order valence-electron chi connectivity index (χ2n) is 5.94. The molecule has 146 valence electrons. The largest absolute Gasteiger partial charge is 0.479 e. The van der Waals surface area contributed by atoms with Gasteiger partial charge in [-0.1, -0.05) is 30.3 Å². The smallest absolute Gasteiger partial charge is 0.450 e. The Bertz CT molecular complexity index is 1070. The fraction of sp³-hybridized carbons (Fsp3) is 0.200. The summed E-state index contributed by atoms with van der Waals surface area (Å²) >= 11 is 0. The highest BCUT2D eigenvalue weighted by molar-refractivity contribution is 5.84. The van der Waals surface area contributed by atoms with Crippen molar-refractivity contribution < 1.29 is 31.9 Å². The first-order valence-corrected chi connectivity index (χ1v) is 8.20. The molecule has 1 atom stereocenters. The number of ether oxygens (including phenoxy) is 2. The third kappa shape index (κ3) is 3.71. The number of fused-ring (bicyclic) bond motifs is 1. The van der Waals surface area contributed by atoms with Crippen molar-refractivity contribution in [2.75, 3.05) is 7.11 Å². The van der Waals surface area contributed by atoms with E-state index in [9.17, 15) is 22.8 Å². The number of hydrogen-bond acceptors (Lipinski definition) is 5. The maximum atomic E-state index is 13.6. The van der Waals surface area contributed by atoms with Gasteiger partial charge in [0.25, 0.3) is 0 Å². The molecule has 0 amide bonds. The molecule has 0 spiro atoms. The molecule has 3 aromatic rings. The third-order valence-corrected chi connectivity index (χ3v) is 4.03. The predicted molar refractivity (Wildman–Crippen MR) is 95.0 cm³/mol. The number of halogens is 3. The van der Waals surface area contributed by atoms with E-state index in [1.54, 1.807) is 6.07 Å². The number of alkyl halides is 3. The summed E-state index contributed by atoms with van der Waals surface area (Å²) in [5.41, 5.74) is -1.57. The Morgan fingerprint density at radius 3 is 2.39 bits per heavy atom. The average molecular weight is 392 g/mol. The Morgan fingerprint density at radius 1 is 1.11 bits per heavy atom. The Balaban J connectivity index is 2.19. The van der Waals surface area contributed by atoms with Crippen LogP contribution in [0.25, 0.3) is 22.1 Å². The molecule has 0 unspecified atom stereocenters. The molecule has 1 heterocycles. The second kappa shape index (κ2) is 7.38. The summed E-state index contributed by atoms with van der Waals surface area (Å²) in [6, 6.07) is 11.3. The van der Waals surface area contributed by atoms with Gasteiger partial charge in [-0.2, -0.15) is 13.2 Å². The number of esters is 1. The van der Waals surface area contributed by atoms with E-state index < -0.39 is 35.0 Å². The molecule has 28 heavy (non-hydrogen) atoms. The van der Waals surface area contributed by atoms with E-state index in [0.29, 0.717) is 0 Å². The van der Waals surface area contributed by atoms with Crippen molar-refractivity contribution in [2.24, 2.45) is 0 Å². The number of rotatable bonds is 4. The SMILES string of the molecule is COC(=O)[C@H](C)Oc1ccc2c(=O)c(-c3ccccc3)c(C(F)(F)F)oc2c1. The minimum Gasteiger partial charge on any atom is -0.479 e. The zero-order chi connectivity index (χ0) is 20.5. The summed E-state index contributed by atoms with van der Waals surface area (Å²) in [4.78, 5) is 24.3. The van der Waals surface area contributed by atoms with Gasteiger partial charge >= 0.3 is 12.1 Å². The summed E-state index contributed by atoms with van der Waals surface area (Å²) in [5, 5.41) is -0.0371. The Kier molecular flexibility index (Phi) is 5.13. The first kappa shape index (κ1) is 19.5. The third-order valence-electron chi connectivity index (χ3n) is 4.03. The minimum atomic E-state index is -4.88. The van der Waals surface area contributed by atoms with Gasteiger partial charge in [-0.25, -0.2) is 4.79 Å². The molecule has 0 bridgehead atoms. The number of hydrogen-bond donors (Lipinski definition) is 0. The van der Waals surface area contributed by atoms with E-state index in [0.717, 1.165) is 6.07 Å². The number of carbonyl (C=O) groups excluding carboxylic acids is 1. The lowest BCUT2D eigenvalue weighted by Gasteiger charge is -2.15. The Labute approximate surface area is 157 Å². The van der Waals surface area contributed by atoms with Crippen molar-refractivity contribution in [2.45, 2.75) is 19.2 Å². The van der Waals surface area contributed by atoms with E-state index in [-0.39, 0.29) is 22.3 Å². The summed E-state index contributed by atoms with van der Waals surface area (Å²) in [5.74, 6) is -1.99. The molecule has 8 heteroatoms. The summed E-state index contributed by atoms with van der Waals surface area (Å²) in [6.45, 7) is 1.42. The van der Waals surface area contributed by atoms with Crippen molar-refractivity contribution >= 4 is 16.9 Å². The summed E-state index contributed by atoms with van der Waals surface area (Å²) in [6.07, 6.45) is -5.87. The van der Waals surface area contributed by atoms with E-state index in [1.165, 1.54) is 50.4 Å². The maximum Gasteiger partial charge on any atom is 0.450 e. The van der Waals surface area contributed by atoms with Gasteiger partial charge < -0.3 is 13.9 Å². The monoisotopic (exact) mass is 392 g/mol. The molecule has 0 radical (unpaired) electrons. The summed E-state index contributed by atoms with van der Waals surface area (Å²) < 4.78 is 55.7. The van der Waals surface area contributed by atoms with E-state index in [1.807, 2.05) is 0 Å². The lowest BCUT2D eigenvalue weighted by molar-refractivity contribution is -0.152. The van der Waals surface area contributed by atoms with Gasteiger partial charge in [-0.3, -0.25) is 4.79 Å². The van der Waals surface area contributed by atoms with Crippen LogP contribution >= 0.6 is 0 Å². The molecule has 5 nitrogen and oxygen atoms in total. The highest BCUT2D eigenvalue weighted by Crippen LogP contribution is 2.37. The van der Waals surface area contributed by atoms with Crippen LogP contribution in [0, 0.1) is 0 Å². The highest BCUT2D eigenvalue weighted by Gasteiger charge is 2.39. The number of methoxy groups -OCH3 is 1. The first-order valence-electron chi connectivity index (χ1n) is 8.20. The van der Waals surface area contributed by atoms with Crippen LogP contribution in [0.2, 0.25) is 0 Å². The topological polar surface area (TPSA) is 65.7 Å². The van der Waals surface area contributed by atoms with E-state index in [4.69, 9.17) is 9.15 Å². The molecule has 0 aliphatic rings. The lowest BCUT2D eigenvalue weighted by atomic mass is 10.0. The molecule has 0 aliphatic heterocycles. The van der Waals surface area contributed by atoms with Gasteiger partial charge in [0.1, 0.15) is 11.3 Å². The number of carbonyl (C=O) groups is 1. The van der Waals surface area contributed by atoms with Crippen LogP contribution in [0.15, 0.2) is 57.7 Å². The predicted octanol–water partition coefficient (Wildman–Crippen LogP) is 4.42. The fourth-order valence-corrected chi connectivity index (χ4v) is 2.73. The number of benzene rings is 2. The highest BCUT2D eigenvalue weighted by atomic mass is 19.4. The molecule has 0 fully saturated rings. The normalized spacial score (nSPS) is 12.6. The van der Waals surface area contributed by atoms with Crippen molar-refractivity contribution in [3.63, 3.8) is 0 Å². The minimum absolute atomic E-state index is 0.0371. The van der Waals surface area contributed by atoms with Gasteiger partial charge in [0.15, 0.2) is 6.10 Å². The lowest BCUT2D eigenvalue weighted by Crippen LogP contribution is -2.24. The van der Waals surface area contributed by atoms with Crippen molar-refractivity contribution in [1.82, 2.24) is 0 Å². The standard InChI is InChI=1S/C20H15F3O5/c1-11(19(25)26-2)27-13-8-9-14-15(10-13)28-18(20(21,22)23)16(17(14)24)12-6-4-3-5-7-12/h3-11H,1-2H3/t11-/m0/s1. The molecule has 0 saturated carbocycles. The Morgan fingerprint density at radius 2 is 1.79 bits per heavy atom. The zero-order valence-electron chi connectivity index (χ0n) is 14.9. The van der Waals surface area contributed by atoms with E-state index in [2.05, 4.69) is 4.74 Å². The quantitative estimate of drug-likeness (QED) is 0.615. The fourth-order valence-electron chi connectivity index (χ4n) is 2.73. The molecule has 0 saturated heterocycles. The molecule has 2 aromatic carbocycles. The maximum absolute atomic E-state index is 13.6.